The minimum Gasteiger partial charge on any atom is -0.486 e. The first kappa shape index (κ1) is 25.7. The van der Waals surface area contributed by atoms with Gasteiger partial charge in [-0.05, 0) is 61.1 Å². The second-order valence-corrected chi connectivity index (χ2v) is 10.8. The molecule has 8 heteroatoms. The van der Waals surface area contributed by atoms with Crippen molar-refractivity contribution in [1.29, 1.82) is 0 Å². The minimum atomic E-state index is 0.387. The first-order valence-corrected chi connectivity index (χ1v) is 14.7. The van der Waals surface area contributed by atoms with Crippen molar-refractivity contribution in [2.75, 3.05) is 19.8 Å². The van der Waals surface area contributed by atoms with E-state index in [2.05, 4.69) is 46.3 Å². The molecule has 2 aliphatic rings. The maximum Gasteiger partial charge on any atom is 0.169 e. The number of ether oxygens (including phenoxy) is 3. The highest BCUT2D eigenvalue weighted by molar-refractivity contribution is 7.80. The molecule has 0 saturated carbocycles. The van der Waals surface area contributed by atoms with Crippen molar-refractivity contribution < 1.29 is 14.2 Å². The fraction of sp³-hybridized carbons (Fsp3) is 0.273. The standard InChI is InChI=1S/C33H32N4O3S/c41-32(34-17-16-23-9-3-1-4-10-23)31-30(24-14-15-27-28(21-24)39-20-19-38-27)26-13-7-8-18-36-29(35-37(31)33(26)36)22-40-25-11-5-2-6-12-25/h1-6,9-12,14-15,21H,7-8,13,16-20,22H2,(H,34,41). The van der Waals surface area contributed by atoms with Crippen LogP contribution in [0.25, 0.3) is 16.8 Å². The molecule has 0 amide bonds. The first-order valence-electron chi connectivity index (χ1n) is 14.3. The van der Waals surface area contributed by atoms with Gasteiger partial charge in [0, 0.05) is 24.2 Å². The van der Waals surface area contributed by atoms with E-state index < -0.39 is 0 Å². The van der Waals surface area contributed by atoms with E-state index in [1.54, 1.807) is 0 Å². The van der Waals surface area contributed by atoms with Gasteiger partial charge in [-0.15, -0.1) is 5.10 Å². The monoisotopic (exact) mass is 564 g/mol. The Kier molecular flexibility index (Phi) is 7.07. The van der Waals surface area contributed by atoms with Gasteiger partial charge in [0.15, 0.2) is 17.3 Å². The summed E-state index contributed by atoms with van der Waals surface area (Å²) in [5.41, 5.74) is 6.73. The van der Waals surface area contributed by atoms with Crippen LogP contribution in [-0.2, 0) is 26.0 Å². The summed E-state index contributed by atoms with van der Waals surface area (Å²) in [5.74, 6) is 3.28. The van der Waals surface area contributed by atoms with Crippen molar-refractivity contribution in [1.82, 2.24) is 19.5 Å². The normalized spacial score (nSPS) is 14.0. The third-order valence-electron chi connectivity index (χ3n) is 7.76. The highest BCUT2D eigenvalue weighted by Gasteiger charge is 2.30. The van der Waals surface area contributed by atoms with Crippen molar-refractivity contribution in [3.05, 3.63) is 102 Å². The molecule has 41 heavy (non-hydrogen) atoms. The van der Waals surface area contributed by atoms with Crippen molar-refractivity contribution in [3.63, 3.8) is 0 Å². The molecule has 0 atom stereocenters. The van der Waals surface area contributed by atoms with E-state index in [9.17, 15) is 0 Å². The molecule has 208 valence electrons. The zero-order valence-electron chi connectivity index (χ0n) is 22.8. The molecule has 7 rings (SSSR count). The number of rotatable bonds is 8. The summed E-state index contributed by atoms with van der Waals surface area (Å²) >= 11 is 6.11. The van der Waals surface area contributed by atoms with Crippen LogP contribution >= 0.6 is 12.2 Å². The maximum absolute atomic E-state index is 6.15. The van der Waals surface area contributed by atoms with Gasteiger partial charge in [0.05, 0.1) is 0 Å². The Bertz CT molecular complexity index is 1690. The molecule has 3 aromatic carbocycles. The number of hydrogen-bond acceptors (Lipinski definition) is 5. The van der Waals surface area contributed by atoms with E-state index in [0.717, 1.165) is 84.3 Å². The molecule has 0 fully saturated rings. The maximum atomic E-state index is 6.15. The van der Waals surface area contributed by atoms with Gasteiger partial charge >= 0.3 is 0 Å². The number of hydrogen-bond donors (Lipinski definition) is 1. The third-order valence-corrected chi connectivity index (χ3v) is 8.10. The predicted molar refractivity (Wildman–Crippen MR) is 163 cm³/mol. The number of aryl methyl sites for hydroxylation is 2. The SMILES string of the molecule is S=C(NCCc1ccccc1)c1c(-c2ccc3c(c2)OCCO3)c2c3n(c(COc4ccccc4)nn13)CCCC2. The number of para-hydroxylation sites is 1. The van der Waals surface area contributed by atoms with Gasteiger partial charge in [-0.1, -0.05) is 66.8 Å². The van der Waals surface area contributed by atoms with Gasteiger partial charge in [0.1, 0.15) is 41.9 Å². The van der Waals surface area contributed by atoms with Crippen molar-refractivity contribution in [2.24, 2.45) is 0 Å². The lowest BCUT2D eigenvalue weighted by Gasteiger charge is -2.19. The van der Waals surface area contributed by atoms with Crippen LogP contribution in [0, 0.1) is 0 Å². The van der Waals surface area contributed by atoms with E-state index in [4.69, 9.17) is 31.5 Å². The van der Waals surface area contributed by atoms with Gasteiger partial charge in [-0.3, -0.25) is 0 Å². The van der Waals surface area contributed by atoms with Crippen molar-refractivity contribution in [2.45, 2.75) is 38.8 Å². The molecule has 0 bridgehead atoms. The molecule has 7 nitrogen and oxygen atoms in total. The molecule has 2 aromatic heterocycles. The van der Waals surface area contributed by atoms with E-state index in [-0.39, 0.29) is 0 Å². The Morgan fingerprint density at radius 3 is 2.54 bits per heavy atom. The zero-order valence-corrected chi connectivity index (χ0v) is 23.7. The average Bonchev–Trinajstić information content (AvgIpc) is 3.42. The highest BCUT2D eigenvalue weighted by Crippen LogP contribution is 2.41. The largest absolute Gasteiger partial charge is 0.486 e. The summed E-state index contributed by atoms with van der Waals surface area (Å²) in [6.45, 7) is 3.12. The molecule has 0 radical (unpaired) electrons. The Labute approximate surface area is 244 Å². The Morgan fingerprint density at radius 1 is 0.927 bits per heavy atom. The summed E-state index contributed by atoms with van der Waals surface area (Å²) in [5, 5.41) is 8.68. The van der Waals surface area contributed by atoms with Crippen LogP contribution in [0.3, 0.4) is 0 Å². The van der Waals surface area contributed by atoms with Crippen molar-refractivity contribution in [3.8, 4) is 28.4 Å². The van der Waals surface area contributed by atoms with Gasteiger partial charge in [-0.25, -0.2) is 4.52 Å². The fourth-order valence-electron chi connectivity index (χ4n) is 5.84. The molecular formula is C33H32N4O3S. The van der Waals surface area contributed by atoms with Gasteiger partial charge in [-0.2, -0.15) is 0 Å². The molecule has 0 aliphatic carbocycles. The number of benzene rings is 3. The van der Waals surface area contributed by atoms with E-state index >= 15 is 0 Å². The second-order valence-electron chi connectivity index (χ2n) is 10.4. The lowest BCUT2D eigenvalue weighted by atomic mass is 9.97. The highest BCUT2D eigenvalue weighted by atomic mass is 32.1. The number of fused-ring (bicyclic) bond motifs is 1. The Balaban J connectivity index is 1.31. The number of thiocarbonyl (C=S) groups is 1. The van der Waals surface area contributed by atoms with E-state index in [1.165, 1.54) is 11.1 Å². The van der Waals surface area contributed by atoms with Crippen LogP contribution in [0.15, 0.2) is 78.9 Å². The first-order chi connectivity index (χ1) is 20.3. The topological polar surface area (TPSA) is 62.0 Å². The lowest BCUT2D eigenvalue weighted by molar-refractivity contribution is 0.171. The Hall–Kier alpha value is -4.30. The van der Waals surface area contributed by atoms with Gasteiger partial charge < -0.3 is 24.1 Å². The smallest absolute Gasteiger partial charge is 0.169 e. The van der Waals surface area contributed by atoms with Crippen LogP contribution in [-0.4, -0.2) is 38.9 Å². The molecular weight excluding hydrogens is 532 g/mol. The summed E-state index contributed by atoms with van der Waals surface area (Å²) in [4.78, 5) is 0.688. The summed E-state index contributed by atoms with van der Waals surface area (Å²) in [6, 6.07) is 26.6. The molecule has 4 heterocycles. The molecule has 0 spiro atoms. The van der Waals surface area contributed by atoms with E-state index in [1.807, 2.05) is 47.0 Å². The van der Waals surface area contributed by atoms with Gasteiger partial charge in [0.2, 0.25) is 0 Å². The second kappa shape index (κ2) is 11.3. The third kappa shape index (κ3) is 5.04. The lowest BCUT2D eigenvalue weighted by Crippen LogP contribution is -2.26. The van der Waals surface area contributed by atoms with Crippen LogP contribution in [0.1, 0.15) is 35.5 Å². The van der Waals surface area contributed by atoms with Crippen molar-refractivity contribution >= 4 is 22.9 Å². The van der Waals surface area contributed by atoms with Crippen LogP contribution in [0.4, 0.5) is 0 Å². The minimum absolute atomic E-state index is 0.387. The van der Waals surface area contributed by atoms with Crippen LogP contribution in [0.2, 0.25) is 0 Å². The number of aromatic nitrogens is 3. The summed E-state index contributed by atoms with van der Waals surface area (Å²) in [7, 11) is 0. The average molecular weight is 565 g/mol. The molecule has 0 unspecified atom stereocenters. The molecule has 0 saturated heterocycles. The summed E-state index contributed by atoms with van der Waals surface area (Å²) in [6.07, 6.45) is 4.00. The van der Waals surface area contributed by atoms with Crippen LogP contribution in [0.5, 0.6) is 17.2 Å². The fourth-order valence-corrected chi connectivity index (χ4v) is 6.13. The molecule has 2 aliphatic heterocycles. The Morgan fingerprint density at radius 2 is 1.71 bits per heavy atom. The predicted octanol–water partition coefficient (Wildman–Crippen LogP) is 6.00. The number of nitrogens with one attached hydrogen (secondary N) is 1. The van der Waals surface area contributed by atoms with Crippen LogP contribution < -0.4 is 19.5 Å². The zero-order chi connectivity index (χ0) is 27.6. The quantitative estimate of drug-likeness (QED) is 0.234. The van der Waals surface area contributed by atoms with Gasteiger partial charge in [0.25, 0.3) is 0 Å². The van der Waals surface area contributed by atoms with E-state index in [0.29, 0.717) is 24.8 Å². The molecule has 1 N–H and O–H groups in total. The summed E-state index contributed by atoms with van der Waals surface area (Å²) < 4.78 is 22.3. The molecule has 5 aromatic rings. The number of nitrogens with zero attached hydrogens (tertiary/aromatic N) is 3.